The van der Waals surface area contributed by atoms with Crippen molar-refractivity contribution in [1.29, 1.82) is 0 Å². The first kappa shape index (κ1) is 14.4. The van der Waals surface area contributed by atoms with Crippen LogP contribution in [0.15, 0.2) is 12.1 Å². The number of hydrogen-bond donors (Lipinski definition) is 0. The molecule has 1 fully saturated rings. The summed E-state index contributed by atoms with van der Waals surface area (Å²) >= 11 is 15.3. The number of alkyl halides is 2. The summed E-state index contributed by atoms with van der Waals surface area (Å²) in [6, 6.07) is 4.20. The number of rotatable bonds is 5. The summed E-state index contributed by atoms with van der Waals surface area (Å²) in [5.41, 5.74) is 0.366. The van der Waals surface area contributed by atoms with Crippen LogP contribution in [0.5, 0.6) is 0 Å². The van der Waals surface area contributed by atoms with Crippen molar-refractivity contribution in [3.63, 3.8) is 0 Å². The van der Waals surface area contributed by atoms with Crippen molar-refractivity contribution >= 4 is 54.8 Å². The van der Waals surface area contributed by atoms with Crippen molar-refractivity contribution in [3.8, 4) is 0 Å². The molecule has 1 heterocycles. The summed E-state index contributed by atoms with van der Waals surface area (Å²) in [7, 11) is 0. The smallest absolute Gasteiger partial charge is 0.0931 e. The molecule has 0 aromatic carbocycles. The first-order chi connectivity index (χ1) is 8.20. The monoisotopic (exact) mass is 398 g/mol. The molecule has 0 nitrogen and oxygen atoms in total. The van der Waals surface area contributed by atoms with Crippen LogP contribution in [0.1, 0.15) is 30.6 Å². The lowest BCUT2D eigenvalue weighted by Crippen LogP contribution is -2.35. The van der Waals surface area contributed by atoms with E-state index in [4.69, 9.17) is 11.6 Å². The molecule has 96 valence electrons. The van der Waals surface area contributed by atoms with Crippen molar-refractivity contribution in [2.75, 3.05) is 10.7 Å². The second kappa shape index (κ2) is 6.40. The summed E-state index contributed by atoms with van der Waals surface area (Å²) < 4.78 is 0.907. The van der Waals surface area contributed by atoms with E-state index in [9.17, 15) is 0 Å². The molecule has 0 aliphatic heterocycles. The van der Waals surface area contributed by atoms with Crippen molar-refractivity contribution < 1.29 is 0 Å². The van der Waals surface area contributed by atoms with Crippen molar-refractivity contribution in [2.24, 2.45) is 11.3 Å². The lowest BCUT2D eigenvalue weighted by atomic mass is 9.75. The second-order valence-corrected chi connectivity index (χ2v) is 7.91. The van der Waals surface area contributed by atoms with E-state index in [0.29, 0.717) is 5.41 Å². The normalized spacial score (nSPS) is 17.8. The summed E-state index contributed by atoms with van der Waals surface area (Å²) in [5.74, 6) is 0.849. The average molecular weight is 401 g/mol. The zero-order valence-electron chi connectivity index (χ0n) is 9.72. The van der Waals surface area contributed by atoms with E-state index in [1.807, 2.05) is 6.07 Å². The highest BCUT2D eigenvalue weighted by molar-refractivity contribution is 9.09. The Morgan fingerprint density at radius 2 is 1.88 bits per heavy atom. The molecule has 0 bridgehead atoms. The van der Waals surface area contributed by atoms with E-state index in [0.717, 1.165) is 27.3 Å². The Kier molecular flexibility index (Phi) is 5.41. The fraction of sp³-hybridized carbons (Fsp3) is 0.692. The van der Waals surface area contributed by atoms with Gasteiger partial charge in [-0.1, -0.05) is 56.3 Å². The molecule has 0 radical (unpaired) electrons. The van der Waals surface area contributed by atoms with E-state index in [2.05, 4.69) is 37.9 Å². The van der Waals surface area contributed by atoms with Gasteiger partial charge in [-0.25, -0.2) is 0 Å². The summed E-state index contributed by atoms with van der Waals surface area (Å²) in [5, 5.41) is 2.15. The molecule has 1 aliphatic carbocycles. The minimum Gasteiger partial charge on any atom is -0.128 e. The molecule has 2 rings (SSSR count). The number of hydrogen-bond acceptors (Lipinski definition) is 1. The molecule has 0 N–H and O–H groups in total. The van der Waals surface area contributed by atoms with Crippen LogP contribution in [-0.4, -0.2) is 10.7 Å². The predicted octanol–water partition coefficient (Wildman–Crippen LogP) is 5.91. The zero-order valence-corrected chi connectivity index (χ0v) is 14.5. The third kappa shape index (κ3) is 3.29. The first-order valence-corrected chi connectivity index (χ1v) is 9.50. The lowest BCUT2D eigenvalue weighted by molar-refractivity contribution is 0.234. The standard InChI is InChI=1S/C13H17Br2ClS/c14-8-13(9-15,10-3-1-2-4-10)7-11-5-6-12(16)17-11/h5-6,10H,1-4,7-9H2. The highest BCUT2D eigenvalue weighted by Gasteiger charge is 2.38. The maximum absolute atomic E-state index is 6.03. The molecule has 1 aliphatic rings. The van der Waals surface area contributed by atoms with Crippen LogP contribution in [0.2, 0.25) is 4.34 Å². The molecule has 0 atom stereocenters. The van der Waals surface area contributed by atoms with Crippen LogP contribution < -0.4 is 0 Å². The van der Waals surface area contributed by atoms with E-state index in [-0.39, 0.29) is 0 Å². The van der Waals surface area contributed by atoms with Gasteiger partial charge in [-0.15, -0.1) is 11.3 Å². The molecule has 0 saturated heterocycles. The Morgan fingerprint density at radius 1 is 1.24 bits per heavy atom. The average Bonchev–Trinajstić information content (AvgIpc) is 2.98. The molecule has 1 aromatic rings. The van der Waals surface area contributed by atoms with E-state index in [1.165, 1.54) is 30.6 Å². The van der Waals surface area contributed by atoms with Crippen molar-refractivity contribution in [2.45, 2.75) is 32.1 Å². The Balaban J connectivity index is 2.15. The Labute approximate surface area is 129 Å². The van der Waals surface area contributed by atoms with Crippen LogP contribution in [0.25, 0.3) is 0 Å². The van der Waals surface area contributed by atoms with Gasteiger partial charge in [-0.3, -0.25) is 0 Å². The van der Waals surface area contributed by atoms with Gasteiger partial charge in [0.05, 0.1) is 4.34 Å². The molecule has 0 spiro atoms. The lowest BCUT2D eigenvalue weighted by Gasteiger charge is -2.36. The molecular formula is C13H17Br2ClS. The minimum absolute atomic E-state index is 0.366. The fourth-order valence-corrected chi connectivity index (χ4v) is 6.31. The van der Waals surface area contributed by atoms with Gasteiger partial charge in [0.25, 0.3) is 0 Å². The summed E-state index contributed by atoms with van der Waals surface area (Å²) in [4.78, 5) is 1.42. The highest BCUT2D eigenvalue weighted by Crippen LogP contribution is 2.45. The number of thiophene rings is 1. The van der Waals surface area contributed by atoms with Gasteiger partial charge >= 0.3 is 0 Å². The maximum Gasteiger partial charge on any atom is 0.0931 e. The maximum atomic E-state index is 6.03. The molecule has 0 amide bonds. The van der Waals surface area contributed by atoms with Crippen LogP contribution in [-0.2, 0) is 6.42 Å². The molecule has 1 aromatic heterocycles. The summed E-state index contributed by atoms with van der Waals surface area (Å²) in [6.07, 6.45) is 6.72. The predicted molar refractivity (Wildman–Crippen MR) is 85.0 cm³/mol. The van der Waals surface area contributed by atoms with Crippen molar-refractivity contribution in [3.05, 3.63) is 21.3 Å². The Bertz CT molecular complexity index is 354. The fourth-order valence-electron chi connectivity index (χ4n) is 2.82. The quantitative estimate of drug-likeness (QED) is 0.539. The molecular weight excluding hydrogens is 383 g/mol. The highest BCUT2D eigenvalue weighted by atomic mass is 79.9. The van der Waals surface area contributed by atoms with Crippen LogP contribution in [0, 0.1) is 11.3 Å². The third-order valence-corrected chi connectivity index (χ3v) is 7.37. The van der Waals surface area contributed by atoms with E-state index >= 15 is 0 Å². The van der Waals surface area contributed by atoms with E-state index < -0.39 is 0 Å². The first-order valence-electron chi connectivity index (χ1n) is 6.06. The van der Waals surface area contributed by atoms with Crippen LogP contribution in [0.3, 0.4) is 0 Å². The van der Waals surface area contributed by atoms with E-state index in [1.54, 1.807) is 11.3 Å². The molecule has 4 heteroatoms. The van der Waals surface area contributed by atoms with Crippen LogP contribution in [0.4, 0.5) is 0 Å². The minimum atomic E-state index is 0.366. The third-order valence-electron chi connectivity index (χ3n) is 3.91. The van der Waals surface area contributed by atoms with Gasteiger partial charge in [-0.05, 0) is 42.7 Å². The second-order valence-electron chi connectivity index (χ2n) is 4.99. The van der Waals surface area contributed by atoms with Gasteiger partial charge in [0.1, 0.15) is 0 Å². The Hall–Kier alpha value is 0.950. The Morgan fingerprint density at radius 3 is 2.35 bits per heavy atom. The van der Waals surface area contributed by atoms with Gasteiger partial charge in [0, 0.05) is 15.5 Å². The zero-order chi connectivity index (χ0) is 12.3. The molecule has 0 unspecified atom stereocenters. The number of halogens is 3. The molecule has 1 saturated carbocycles. The van der Waals surface area contributed by atoms with Gasteiger partial charge in [0.15, 0.2) is 0 Å². The van der Waals surface area contributed by atoms with Gasteiger partial charge in [0.2, 0.25) is 0 Å². The van der Waals surface area contributed by atoms with Crippen molar-refractivity contribution in [1.82, 2.24) is 0 Å². The van der Waals surface area contributed by atoms with Crippen LogP contribution >= 0.6 is 54.8 Å². The summed E-state index contributed by atoms with van der Waals surface area (Å²) in [6.45, 7) is 0. The SMILES string of the molecule is Clc1ccc(CC(CBr)(CBr)C2CCCC2)s1. The molecule has 17 heavy (non-hydrogen) atoms. The van der Waals surface area contributed by atoms with Gasteiger partial charge < -0.3 is 0 Å². The van der Waals surface area contributed by atoms with Gasteiger partial charge in [-0.2, -0.15) is 0 Å². The topological polar surface area (TPSA) is 0 Å². The largest absolute Gasteiger partial charge is 0.128 e.